The fraction of sp³-hybridized carbons (Fsp3) is 0.933. The van der Waals surface area contributed by atoms with Crippen molar-refractivity contribution in [2.24, 2.45) is 50.2 Å². The van der Waals surface area contributed by atoms with Crippen molar-refractivity contribution in [3.63, 3.8) is 0 Å². The number of carbonyl (C=O) groups is 2. The largest absolute Gasteiger partial charge is 0.481 e. The zero-order chi connectivity index (χ0) is 24.7. The Hall–Kier alpha value is -0.860. The third-order valence-corrected chi connectivity index (χ3v) is 13.0. The summed E-state index contributed by atoms with van der Waals surface area (Å²) in [6, 6.07) is 0. The van der Waals surface area contributed by atoms with E-state index in [1.807, 2.05) is 0 Å². The number of carbonyl (C=O) groups excluding carboxylic acids is 1. The molecule has 4 aliphatic carbocycles. The molecule has 1 N–H and O–H groups in total. The van der Waals surface area contributed by atoms with Gasteiger partial charge in [0.15, 0.2) is 0 Å². The van der Waals surface area contributed by atoms with Crippen molar-refractivity contribution in [1.29, 1.82) is 0 Å². The summed E-state index contributed by atoms with van der Waals surface area (Å²) in [6.45, 7) is 19.2. The topological polar surface area (TPSA) is 54.4 Å². The minimum Gasteiger partial charge on any atom is -0.481 e. The van der Waals surface area contributed by atoms with E-state index < -0.39 is 5.97 Å². The molecule has 0 aromatic carbocycles. The van der Waals surface area contributed by atoms with E-state index in [2.05, 4.69) is 48.5 Å². The lowest BCUT2D eigenvalue weighted by molar-refractivity contribution is -0.249. The molecule has 4 fully saturated rings. The fourth-order valence-electron chi connectivity index (χ4n) is 10.4. The maximum Gasteiger partial charge on any atom is 0.303 e. The van der Waals surface area contributed by atoms with E-state index in [0.29, 0.717) is 28.6 Å². The summed E-state index contributed by atoms with van der Waals surface area (Å²) < 4.78 is 0. The van der Waals surface area contributed by atoms with Gasteiger partial charge in [-0.3, -0.25) is 9.59 Å². The van der Waals surface area contributed by atoms with Crippen molar-refractivity contribution < 1.29 is 14.7 Å². The Labute approximate surface area is 202 Å². The van der Waals surface area contributed by atoms with Crippen LogP contribution in [0.4, 0.5) is 0 Å². The van der Waals surface area contributed by atoms with Gasteiger partial charge >= 0.3 is 5.97 Å². The summed E-state index contributed by atoms with van der Waals surface area (Å²) in [7, 11) is 0. The van der Waals surface area contributed by atoms with Crippen molar-refractivity contribution >= 4 is 11.8 Å². The molecule has 188 valence electrons. The summed E-state index contributed by atoms with van der Waals surface area (Å²) >= 11 is 0. The van der Waals surface area contributed by atoms with Crippen molar-refractivity contribution in [2.45, 2.75) is 126 Å². The molecule has 0 aromatic heterocycles. The van der Waals surface area contributed by atoms with Gasteiger partial charge in [0.1, 0.15) is 5.78 Å². The molecule has 4 aliphatic rings. The predicted molar refractivity (Wildman–Crippen MR) is 134 cm³/mol. The molecule has 8 atom stereocenters. The Bertz CT molecular complexity index is 830. The van der Waals surface area contributed by atoms with Gasteiger partial charge in [0, 0.05) is 11.8 Å². The van der Waals surface area contributed by atoms with Gasteiger partial charge in [-0.05, 0) is 116 Å². The molecule has 0 unspecified atom stereocenters. The van der Waals surface area contributed by atoms with E-state index in [-0.39, 0.29) is 34.4 Å². The van der Waals surface area contributed by atoms with Crippen molar-refractivity contribution in [3.8, 4) is 0 Å². The van der Waals surface area contributed by atoms with Gasteiger partial charge < -0.3 is 5.11 Å². The average molecular weight is 459 g/mol. The van der Waals surface area contributed by atoms with Crippen LogP contribution in [-0.2, 0) is 9.59 Å². The van der Waals surface area contributed by atoms with Crippen LogP contribution in [-0.4, -0.2) is 16.9 Å². The number of carboxylic acid groups (broad SMARTS) is 1. The van der Waals surface area contributed by atoms with Crippen LogP contribution in [0.15, 0.2) is 0 Å². The molecular formula is C30H50O3. The first-order chi connectivity index (χ1) is 15.0. The summed E-state index contributed by atoms with van der Waals surface area (Å²) in [5, 5.41) is 9.53. The summed E-state index contributed by atoms with van der Waals surface area (Å²) in [5.74, 6) is 1.03. The highest BCUT2D eigenvalue weighted by atomic mass is 16.4. The van der Waals surface area contributed by atoms with Crippen LogP contribution in [0.2, 0.25) is 0 Å². The zero-order valence-electron chi connectivity index (χ0n) is 22.8. The molecule has 4 saturated carbocycles. The first-order valence-corrected chi connectivity index (χ1v) is 13.8. The molecule has 0 radical (unpaired) electrons. The van der Waals surface area contributed by atoms with E-state index in [0.717, 1.165) is 25.2 Å². The molecule has 0 bridgehead atoms. The molecule has 0 aromatic rings. The third-order valence-electron chi connectivity index (χ3n) is 13.0. The van der Waals surface area contributed by atoms with Gasteiger partial charge in [0.25, 0.3) is 0 Å². The third kappa shape index (κ3) is 3.48. The highest BCUT2D eigenvalue weighted by Gasteiger charge is 2.70. The standard InChI is InChI=1S/C30H50O3/c1-20(31)27(5)12-11-22-28(6,21(27)9-10-24(32)33)16-18-30(8)23-19-25(2,3)13-14-26(23,4)15-17-29(22,30)7/h21-23H,9-19H2,1-8H3,(H,32,33)/t21-,22-,23+,26-,27-,28-,29-,30+/m1/s1. The fourth-order valence-corrected chi connectivity index (χ4v) is 10.4. The molecule has 33 heavy (non-hydrogen) atoms. The van der Waals surface area contributed by atoms with Gasteiger partial charge in [-0.15, -0.1) is 0 Å². The summed E-state index contributed by atoms with van der Waals surface area (Å²) in [6.07, 6.45) is 11.9. The Balaban J connectivity index is 1.76. The molecule has 3 heteroatoms. The Kier molecular flexibility index (Phi) is 5.79. The number of aliphatic carboxylic acids is 1. The maximum atomic E-state index is 13.0. The van der Waals surface area contributed by atoms with Gasteiger partial charge in [-0.1, -0.05) is 48.5 Å². The molecule has 0 spiro atoms. The second-order valence-electron chi connectivity index (χ2n) is 15.0. The van der Waals surface area contributed by atoms with E-state index in [9.17, 15) is 14.7 Å². The molecular weight excluding hydrogens is 408 g/mol. The number of fused-ring (bicyclic) bond motifs is 5. The minimum absolute atomic E-state index is 0.0420. The van der Waals surface area contributed by atoms with Gasteiger partial charge in [-0.2, -0.15) is 0 Å². The Morgan fingerprint density at radius 3 is 1.97 bits per heavy atom. The zero-order valence-corrected chi connectivity index (χ0v) is 22.8. The van der Waals surface area contributed by atoms with Crippen LogP contribution in [0.25, 0.3) is 0 Å². The lowest BCUT2D eigenvalue weighted by atomic mass is 9.31. The number of hydrogen-bond donors (Lipinski definition) is 1. The van der Waals surface area contributed by atoms with Crippen molar-refractivity contribution in [1.82, 2.24) is 0 Å². The number of Topliss-reactive ketones (excluding diaryl/α,β-unsaturated/α-hetero) is 1. The second-order valence-corrected chi connectivity index (χ2v) is 15.0. The van der Waals surface area contributed by atoms with E-state index in [4.69, 9.17) is 0 Å². The second kappa shape index (κ2) is 7.57. The highest BCUT2D eigenvalue weighted by molar-refractivity contribution is 5.82. The summed E-state index contributed by atoms with van der Waals surface area (Å²) in [4.78, 5) is 24.6. The molecule has 4 rings (SSSR count). The minimum atomic E-state index is -0.726. The van der Waals surface area contributed by atoms with Crippen LogP contribution < -0.4 is 0 Å². The maximum absolute atomic E-state index is 13.0. The van der Waals surface area contributed by atoms with E-state index in [1.165, 1.54) is 38.5 Å². The van der Waals surface area contributed by atoms with Gasteiger partial charge in [0.05, 0.1) is 0 Å². The monoisotopic (exact) mass is 458 g/mol. The molecule has 0 aliphatic heterocycles. The Morgan fingerprint density at radius 1 is 0.788 bits per heavy atom. The van der Waals surface area contributed by atoms with Crippen LogP contribution in [0.5, 0.6) is 0 Å². The number of ketones is 1. The number of rotatable bonds is 4. The first kappa shape index (κ1) is 25.2. The predicted octanol–water partition coefficient (Wildman–Crippen LogP) is 7.91. The SMILES string of the molecule is CC(=O)[C@@]1(C)CC[C@@H]2[C@](C)(CC[C@@]3(C)[C@H]4CC(C)(C)CC[C@]4(C)CC[C@]23C)[C@@H]1CCC(=O)O. The van der Waals surface area contributed by atoms with Crippen LogP contribution >= 0.6 is 0 Å². The first-order valence-electron chi connectivity index (χ1n) is 13.8. The molecule has 0 saturated heterocycles. The Morgan fingerprint density at radius 2 is 1.36 bits per heavy atom. The quantitative estimate of drug-likeness (QED) is 0.465. The molecule has 0 amide bonds. The molecule has 0 heterocycles. The van der Waals surface area contributed by atoms with Crippen molar-refractivity contribution in [2.75, 3.05) is 0 Å². The smallest absolute Gasteiger partial charge is 0.303 e. The van der Waals surface area contributed by atoms with E-state index in [1.54, 1.807) is 6.92 Å². The number of hydrogen-bond acceptors (Lipinski definition) is 2. The van der Waals surface area contributed by atoms with Gasteiger partial charge in [0.2, 0.25) is 0 Å². The van der Waals surface area contributed by atoms with Crippen LogP contribution in [0.3, 0.4) is 0 Å². The average Bonchev–Trinajstić information content (AvgIpc) is 2.70. The van der Waals surface area contributed by atoms with Crippen LogP contribution in [0, 0.1) is 50.2 Å². The normalized spacial score (nSPS) is 51.1. The lowest BCUT2D eigenvalue weighted by Crippen LogP contribution is -2.67. The van der Waals surface area contributed by atoms with Gasteiger partial charge in [-0.25, -0.2) is 0 Å². The van der Waals surface area contributed by atoms with Crippen molar-refractivity contribution in [3.05, 3.63) is 0 Å². The lowest BCUT2D eigenvalue weighted by Gasteiger charge is -2.74. The molecule has 3 nitrogen and oxygen atoms in total. The van der Waals surface area contributed by atoms with E-state index >= 15 is 0 Å². The summed E-state index contributed by atoms with van der Waals surface area (Å²) in [5.41, 5.74) is 1.13. The van der Waals surface area contributed by atoms with Crippen LogP contribution in [0.1, 0.15) is 126 Å². The number of carboxylic acids is 1. The highest BCUT2D eigenvalue weighted by Crippen LogP contribution is 2.77.